The van der Waals surface area contributed by atoms with Crippen molar-refractivity contribution in [3.8, 4) is 0 Å². The predicted molar refractivity (Wildman–Crippen MR) is 83.0 cm³/mol. The number of hydrogen-bond donors (Lipinski definition) is 1. The molecule has 2 rings (SSSR count). The number of carbonyl (C=O) groups excluding carboxylic acids is 1. The predicted octanol–water partition coefficient (Wildman–Crippen LogP) is 3.32. The van der Waals surface area contributed by atoms with Crippen molar-refractivity contribution in [3.63, 3.8) is 0 Å². The molecule has 1 aliphatic heterocycles. The number of amides is 1. The third kappa shape index (κ3) is 3.61. The van der Waals surface area contributed by atoms with Gasteiger partial charge >= 0.3 is 6.18 Å². The molecule has 0 radical (unpaired) electrons. The molecule has 0 aliphatic carbocycles. The van der Waals surface area contributed by atoms with E-state index in [4.69, 9.17) is 5.73 Å². The molecule has 0 unspecified atom stereocenters. The van der Waals surface area contributed by atoms with Gasteiger partial charge in [0, 0.05) is 16.7 Å². The Morgan fingerprint density at radius 1 is 1.43 bits per heavy atom. The van der Waals surface area contributed by atoms with Gasteiger partial charge in [-0.15, -0.1) is 0 Å². The highest BCUT2D eigenvalue weighted by Gasteiger charge is 2.34. The second kappa shape index (κ2) is 6.02. The molecule has 0 bridgehead atoms. The lowest BCUT2D eigenvalue weighted by Gasteiger charge is -2.34. The summed E-state index contributed by atoms with van der Waals surface area (Å²) < 4.78 is 39.9. The van der Waals surface area contributed by atoms with Crippen molar-refractivity contribution >= 4 is 34.2 Å². The molecule has 1 aromatic carbocycles. The van der Waals surface area contributed by atoms with Crippen molar-refractivity contribution in [2.75, 3.05) is 18.0 Å². The number of hydrogen-bond acceptors (Lipinski definition) is 2. The number of carbonyl (C=O) groups is 1. The summed E-state index contributed by atoms with van der Waals surface area (Å²) in [4.78, 5) is 13.1. The molecule has 2 N–H and O–H groups in total. The van der Waals surface area contributed by atoms with Gasteiger partial charge in [0.2, 0.25) is 5.91 Å². The van der Waals surface area contributed by atoms with Crippen LogP contribution in [-0.4, -0.2) is 19.0 Å². The van der Waals surface area contributed by atoms with Gasteiger partial charge in [0.1, 0.15) is 0 Å². The average molecular weight is 412 g/mol. The second-order valence-electron chi connectivity index (χ2n) is 5.30. The van der Waals surface area contributed by atoms with Crippen molar-refractivity contribution in [3.05, 3.63) is 26.8 Å². The van der Waals surface area contributed by atoms with Crippen LogP contribution in [0.3, 0.4) is 0 Å². The van der Waals surface area contributed by atoms with E-state index in [1.54, 1.807) is 0 Å². The van der Waals surface area contributed by atoms with Crippen molar-refractivity contribution < 1.29 is 18.0 Å². The Bertz CT molecular complexity index is 560. The van der Waals surface area contributed by atoms with E-state index in [0.29, 0.717) is 25.2 Å². The Morgan fingerprint density at radius 2 is 2.10 bits per heavy atom. The van der Waals surface area contributed by atoms with Gasteiger partial charge in [-0.05, 0) is 60.1 Å². The zero-order chi connectivity index (χ0) is 15.8. The van der Waals surface area contributed by atoms with Crippen LogP contribution in [-0.2, 0) is 11.0 Å². The first kappa shape index (κ1) is 16.4. The monoisotopic (exact) mass is 412 g/mol. The summed E-state index contributed by atoms with van der Waals surface area (Å²) >= 11 is 2.03. The lowest BCUT2D eigenvalue weighted by Crippen LogP contribution is -2.41. The SMILES string of the molecule is Cc1cc(I)c(N2CCC[C@@H](C(N)=O)C2)cc1C(F)(F)F. The number of primary amides is 1. The quantitative estimate of drug-likeness (QED) is 0.758. The number of rotatable bonds is 2. The highest BCUT2D eigenvalue weighted by atomic mass is 127. The Kier molecular flexibility index (Phi) is 4.69. The molecule has 1 aromatic rings. The third-order valence-electron chi connectivity index (χ3n) is 3.76. The fourth-order valence-electron chi connectivity index (χ4n) is 2.64. The molecular weight excluding hydrogens is 396 g/mol. The van der Waals surface area contributed by atoms with Gasteiger partial charge in [0.15, 0.2) is 0 Å². The van der Waals surface area contributed by atoms with Gasteiger partial charge in [-0.1, -0.05) is 0 Å². The largest absolute Gasteiger partial charge is 0.416 e. The molecule has 21 heavy (non-hydrogen) atoms. The van der Waals surface area contributed by atoms with E-state index in [1.807, 2.05) is 27.5 Å². The molecule has 0 spiro atoms. The number of anilines is 1. The molecule has 0 aromatic heterocycles. The maximum Gasteiger partial charge on any atom is 0.416 e. The average Bonchev–Trinajstić information content (AvgIpc) is 2.37. The van der Waals surface area contributed by atoms with Crippen LogP contribution in [0.5, 0.6) is 0 Å². The van der Waals surface area contributed by atoms with E-state index in [-0.39, 0.29) is 11.5 Å². The molecule has 7 heteroatoms. The smallest absolute Gasteiger partial charge is 0.370 e. The van der Waals surface area contributed by atoms with E-state index < -0.39 is 17.6 Å². The van der Waals surface area contributed by atoms with Gasteiger partial charge in [-0.3, -0.25) is 4.79 Å². The normalized spacial score (nSPS) is 19.7. The van der Waals surface area contributed by atoms with Crippen LogP contribution < -0.4 is 10.6 Å². The van der Waals surface area contributed by atoms with E-state index in [0.717, 1.165) is 9.99 Å². The summed E-state index contributed by atoms with van der Waals surface area (Å²) in [6.45, 7) is 2.48. The van der Waals surface area contributed by atoms with E-state index in [9.17, 15) is 18.0 Å². The van der Waals surface area contributed by atoms with E-state index >= 15 is 0 Å². The molecule has 1 amide bonds. The molecule has 1 atom stereocenters. The first-order valence-electron chi connectivity index (χ1n) is 6.61. The Hall–Kier alpha value is -0.990. The minimum absolute atomic E-state index is 0.208. The summed E-state index contributed by atoms with van der Waals surface area (Å²) in [5.41, 5.74) is 5.43. The van der Waals surface area contributed by atoms with Crippen molar-refractivity contribution in [2.24, 2.45) is 11.7 Å². The maximum absolute atomic E-state index is 13.0. The van der Waals surface area contributed by atoms with Crippen LogP contribution in [0.4, 0.5) is 18.9 Å². The number of piperidine rings is 1. The number of aryl methyl sites for hydroxylation is 1. The molecule has 0 saturated carbocycles. The Labute approximate surface area is 134 Å². The highest BCUT2D eigenvalue weighted by Crippen LogP contribution is 2.37. The van der Waals surface area contributed by atoms with Gasteiger partial charge in [-0.25, -0.2) is 0 Å². The van der Waals surface area contributed by atoms with Crippen LogP contribution >= 0.6 is 22.6 Å². The van der Waals surface area contributed by atoms with Gasteiger partial charge in [0.25, 0.3) is 0 Å². The lowest BCUT2D eigenvalue weighted by atomic mass is 9.96. The molecule has 116 valence electrons. The Morgan fingerprint density at radius 3 is 2.67 bits per heavy atom. The number of nitrogens with two attached hydrogens (primary N) is 1. The zero-order valence-corrected chi connectivity index (χ0v) is 13.7. The standard InChI is InChI=1S/C14H16F3IN2O/c1-8-5-11(18)12(6-10(8)14(15,16)17)20-4-2-3-9(7-20)13(19)21/h5-6,9H,2-4,7H2,1H3,(H2,19,21)/t9-/m1/s1. The first-order valence-corrected chi connectivity index (χ1v) is 7.69. The zero-order valence-electron chi connectivity index (χ0n) is 11.5. The number of nitrogens with zero attached hydrogens (tertiary/aromatic N) is 1. The lowest BCUT2D eigenvalue weighted by molar-refractivity contribution is -0.138. The number of alkyl halides is 3. The molecule has 3 nitrogen and oxygen atoms in total. The van der Waals surface area contributed by atoms with Gasteiger partial charge < -0.3 is 10.6 Å². The minimum Gasteiger partial charge on any atom is -0.370 e. The Balaban J connectivity index is 2.37. The third-order valence-corrected chi connectivity index (χ3v) is 4.63. The molecule has 1 fully saturated rings. The molecular formula is C14H16F3IN2O. The van der Waals surface area contributed by atoms with Crippen molar-refractivity contribution in [2.45, 2.75) is 25.9 Å². The summed E-state index contributed by atoms with van der Waals surface area (Å²) in [5.74, 6) is -0.692. The second-order valence-corrected chi connectivity index (χ2v) is 6.47. The fraction of sp³-hybridized carbons (Fsp3) is 0.500. The van der Waals surface area contributed by atoms with Crippen molar-refractivity contribution in [1.82, 2.24) is 0 Å². The van der Waals surface area contributed by atoms with Crippen LogP contribution in [0, 0.1) is 16.4 Å². The first-order chi connectivity index (χ1) is 9.70. The van der Waals surface area contributed by atoms with Crippen LogP contribution in [0.25, 0.3) is 0 Å². The summed E-state index contributed by atoms with van der Waals surface area (Å²) in [6.07, 6.45) is -2.93. The summed E-state index contributed by atoms with van der Waals surface area (Å²) in [5, 5.41) is 0. The van der Waals surface area contributed by atoms with Gasteiger partial charge in [0.05, 0.1) is 17.2 Å². The summed E-state index contributed by atoms with van der Waals surface area (Å²) in [6, 6.07) is 2.72. The minimum atomic E-state index is -4.37. The van der Waals surface area contributed by atoms with E-state index in [1.165, 1.54) is 19.1 Å². The van der Waals surface area contributed by atoms with Crippen molar-refractivity contribution in [1.29, 1.82) is 0 Å². The molecule has 1 saturated heterocycles. The van der Waals surface area contributed by atoms with Crippen LogP contribution in [0.2, 0.25) is 0 Å². The summed E-state index contributed by atoms with van der Waals surface area (Å²) in [7, 11) is 0. The van der Waals surface area contributed by atoms with Crippen LogP contribution in [0.15, 0.2) is 12.1 Å². The fourth-order valence-corrected chi connectivity index (χ4v) is 3.60. The molecule has 1 heterocycles. The van der Waals surface area contributed by atoms with Crippen LogP contribution in [0.1, 0.15) is 24.0 Å². The van der Waals surface area contributed by atoms with E-state index in [2.05, 4.69) is 0 Å². The number of benzene rings is 1. The maximum atomic E-state index is 13.0. The number of halogens is 4. The highest BCUT2D eigenvalue weighted by molar-refractivity contribution is 14.1. The topological polar surface area (TPSA) is 46.3 Å². The van der Waals surface area contributed by atoms with Gasteiger partial charge in [-0.2, -0.15) is 13.2 Å². The molecule has 1 aliphatic rings.